The number of benzene rings is 3. The molecule has 0 spiro atoms. The predicted octanol–water partition coefficient (Wildman–Crippen LogP) is 6.00. The van der Waals surface area contributed by atoms with Gasteiger partial charge in [-0.25, -0.2) is 10.0 Å². The smallest absolute Gasteiger partial charge is 0.305 e. The van der Waals surface area contributed by atoms with Gasteiger partial charge in [-0.15, -0.1) is 33.7 Å². The second-order valence-electron chi connectivity index (χ2n) is 12.3. The van der Waals surface area contributed by atoms with Crippen LogP contribution < -0.4 is 20.3 Å². The van der Waals surface area contributed by atoms with Gasteiger partial charge in [0.05, 0.1) is 37.6 Å². The van der Waals surface area contributed by atoms with Gasteiger partial charge in [-0.2, -0.15) is 0 Å². The third-order valence-electron chi connectivity index (χ3n) is 8.63. The number of thioether (sulfide) groups is 2. The lowest BCUT2D eigenvalue weighted by Crippen LogP contribution is -2.40. The molecule has 4 aromatic rings. The standard InChI is InChI=1S/C38H38N6O8S2/c1-51-25-17-13-23(14-18-25)7-5-11-31-43(37(49)29(53-31)21-33(45)46)41-35-27-9-3-4-10-28(27)36(40-39-35)42-44-32(54-30(38(44)50)22-34(47)48)12-6-8-24-15-19-26(52-2)20-16-24/h3-10,13-20,29-32H,11-12,21-22H2,1-2H3,(H,39,41)(H,40,42)(H,45,46)(H,47,48)/b7-5+,8-6+. The second kappa shape index (κ2) is 17.4. The Balaban J connectivity index is 1.23. The van der Waals surface area contributed by atoms with E-state index in [9.17, 15) is 29.4 Å². The summed E-state index contributed by atoms with van der Waals surface area (Å²) in [7, 11) is 3.19. The molecule has 2 aliphatic heterocycles. The fraction of sp³-hybridized carbons (Fsp3) is 0.263. The van der Waals surface area contributed by atoms with E-state index in [0.29, 0.717) is 23.6 Å². The van der Waals surface area contributed by atoms with Crippen LogP contribution >= 0.6 is 23.5 Å². The molecule has 0 bridgehead atoms. The fourth-order valence-electron chi connectivity index (χ4n) is 5.94. The molecule has 280 valence electrons. The van der Waals surface area contributed by atoms with Gasteiger partial charge in [0.1, 0.15) is 22.2 Å². The number of hydrogen-bond acceptors (Lipinski definition) is 12. The molecule has 0 aliphatic carbocycles. The summed E-state index contributed by atoms with van der Waals surface area (Å²) < 4.78 is 10.5. The zero-order valence-corrected chi connectivity index (χ0v) is 31.0. The highest BCUT2D eigenvalue weighted by molar-refractivity contribution is 8.01. The molecule has 16 heteroatoms. The Bertz CT molecular complexity index is 1920. The summed E-state index contributed by atoms with van der Waals surface area (Å²) in [4.78, 5) is 50.4. The summed E-state index contributed by atoms with van der Waals surface area (Å²) in [5.74, 6) is -0.962. The molecule has 3 aromatic carbocycles. The third-order valence-corrected chi connectivity index (χ3v) is 11.5. The number of ether oxygens (including phenoxy) is 2. The van der Waals surface area contributed by atoms with Crippen LogP contribution in [0.4, 0.5) is 11.6 Å². The van der Waals surface area contributed by atoms with Crippen molar-refractivity contribution >= 4 is 81.8 Å². The normalized spacial score (nSPS) is 20.0. The molecule has 2 aliphatic rings. The fourth-order valence-corrected chi connectivity index (χ4v) is 8.64. The van der Waals surface area contributed by atoms with Crippen LogP contribution in [0.2, 0.25) is 0 Å². The molecule has 54 heavy (non-hydrogen) atoms. The Hall–Kier alpha value is -5.74. The van der Waals surface area contributed by atoms with Gasteiger partial charge in [-0.1, -0.05) is 72.8 Å². The van der Waals surface area contributed by atoms with Crippen LogP contribution in [0.25, 0.3) is 22.9 Å². The molecule has 4 N–H and O–H groups in total. The van der Waals surface area contributed by atoms with Gasteiger partial charge in [0.15, 0.2) is 11.6 Å². The SMILES string of the molecule is COc1ccc(/C=C/CC2SC(CC(=O)O)C(=O)N2Nc2nnc(NN3C(=O)C(CC(=O)O)SC3C/C=C/c3ccc(OC)cc3)c3ccccc23)cc1. The van der Waals surface area contributed by atoms with E-state index in [1.54, 1.807) is 38.5 Å². The van der Waals surface area contributed by atoms with Crippen LogP contribution in [0.5, 0.6) is 11.5 Å². The van der Waals surface area contributed by atoms with Crippen molar-refractivity contribution in [3.63, 3.8) is 0 Å². The number of carboxylic acids is 2. The highest BCUT2D eigenvalue weighted by Gasteiger charge is 2.43. The number of carboxylic acid groups (broad SMARTS) is 2. The van der Waals surface area contributed by atoms with E-state index in [-0.39, 0.29) is 24.5 Å². The lowest BCUT2D eigenvalue weighted by molar-refractivity contribution is -0.140. The number of aromatic nitrogens is 2. The minimum atomic E-state index is -1.08. The molecule has 6 rings (SSSR count). The lowest BCUT2D eigenvalue weighted by Gasteiger charge is -2.26. The number of aliphatic carboxylic acids is 2. The quantitative estimate of drug-likeness (QED) is 0.104. The van der Waals surface area contributed by atoms with Crippen molar-refractivity contribution in [3.05, 3.63) is 96.1 Å². The minimum Gasteiger partial charge on any atom is -0.497 e. The monoisotopic (exact) mass is 770 g/mol. The van der Waals surface area contributed by atoms with E-state index in [1.165, 1.54) is 33.5 Å². The van der Waals surface area contributed by atoms with Crippen LogP contribution in [0.15, 0.2) is 84.9 Å². The molecular weight excluding hydrogens is 733 g/mol. The summed E-state index contributed by atoms with van der Waals surface area (Å²) in [5, 5.41) is 29.3. The zero-order valence-electron chi connectivity index (χ0n) is 29.3. The third kappa shape index (κ3) is 9.06. The predicted molar refractivity (Wildman–Crippen MR) is 209 cm³/mol. The van der Waals surface area contributed by atoms with Gasteiger partial charge in [0, 0.05) is 10.8 Å². The lowest BCUT2D eigenvalue weighted by atomic mass is 10.1. The van der Waals surface area contributed by atoms with Crippen molar-refractivity contribution in [2.75, 3.05) is 25.1 Å². The van der Waals surface area contributed by atoms with Crippen LogP contribution in [0.1, 0.15) is 36.8 Å². The number of hydrazine groups is 2. The van der Waals surface area contributed by atoms with Crippen molar-refractivity contribution in [1.82, 2.24) is 20.2 Å². The van der Waals surface area contributed by atoms with Crippen molar-refractivity contribution in [2.45, 2.75) is 46.9 Å². The van der Waals surface area contributed by atoms with Crippen molar-refractivity contribution in [1.29, 1.82) is 0 Å². The van der Waals surface area contributed by atoms with Crippen molar-refractivity contribution < 1.29 is 38.9 Å². The van der Waals surface area contributed by atoms with Gasteiger partial charge in [-0.05, 0) is 48.2 Å². The van der Waals surface area contributed by atoms with Crippen LogP contribution in [-0.2, 0) is 19.2 Å². The molecule has 1 aromatic heterocycles. The van der Waals surface area contributed by atoms with Gasteiger partial charge >= 0.3 is 11.9 Å². The van der Waals surface area contributed by atoms with E-state index >= 15 is 0 Å². The number of carbonyl (C=O) groups excluding carboxylic acids is 2. The first-order valence-electron chi connectivity index (χ1n) is 16.9. The van der Waals surface area contributed by atoms with Gasteiger partial charge < -0.3 is 19.7 Å². The van der Waals surface area contributed by atoms with Gasteiger partial charge in [0.2, 0.25) is 0 Å². The number of carbonyl (C=O) groups is 4. The average molecular weight is 771 g/mol. The number of anilines is 2. The Labute approximate surface area is 319 Å². The molecule has 3 heterocycles. The molecule has 2 saturated heterocycles. The molecule has 4 unspecified atom stereocenters. The number of methoxy groups -OCH3 is 2. The maximum absolute atomic E-state index is 13.6. The van der Waals surface area contributed by atoms with Crippen molar-refractivity contribution in [3.8, 4) is 11.5 Å². The largest absolute Gasteiger partial charge is 0.497 e. The van der Waals surface area contributed by atoms with Crippen LogP contribution in [-0.4, -0.2) is 89.6 Å². The molecular formula is C38H38N6O8S2. The van der Waals surface area contributed by atoms with Crippen LogP contribution in [0, 0.1) is 0 Å². The molecule has 0 radical (unpaired) electrons. The number of fused-ring (bicyclic) bond motifs is 1. The first kappa shape index (κ1) is 38.0. The Morgan fingerprint density at radius 3 is 1.43 bits per heavy atom. The average Bonchev–Trinajstić information content (AvgIpc) is 3.61. The Morgan fingerprint density at radius 1 is 0.685 bits per heavy atom. The first-order valence-corrected chi connectivity index (χ1v) is 18.8. The van der Waals surface area contributed by atoms with Crippen molar-refractivity contribution in [2.24, 2.45) is 0 Å². The van der Waals surface area contributed by atoms with E-state index in [2.05, 4.69) is 21.0 Å². The number of nitrogens with zero attached hydrogens (tertiary/aromatic N) is 4. The van der Waals surface area contributed by atoms with E-state index < -0.39 is 45.0 Å². The number of nitrogens with one attached hydrogen (secondary N) is 2. The zero-order chi connectivity index (χ0) is 38.2. The summed E-state index contributed by atoms with van der Waals surface area (Å²) >= 11 is 2.52. The maximum Gasteiger partial charge on any atom is 0.305 e. The molecule has 4 atom stereocenters. The summed E-state index contributed by atoms with van der Waals surface area (Å²) in [6.45, 7) is 0. The summed E-state index contributed by atoms with van der Waals surface area (Å²) in [6, 6.07) is 22.2. The molecule has 14 nitrogen and oxygen atoms in total. The maximum atomic E-state index is 13.6. The Kier molecular flexibility index (Phi) is 12.2. The highest BCUT2D eigenvalue weighted by atomic mass is 32.2. The molecule has 0 saturated carbocycles. The molecule has 2 amide bonds. The van der Waals surface area contributed by atoms with E-state index in [0.717, 1.165) is 22.6 Å². The van der Waals surface area contributed by atoms with Gasteiger partial charge in [0.25, 0.3) is 11.8 Å². The number of rotatable bonds is 16. The van der Waals surface area contributed by atoms with E-state index in [1.807, 2.05) is 72.8 Å². The highest BCUT2D eigenvalue weighted by Crippen LogP contribution is 2.39. The molecule has 2 fully saturated rings. The van der Waals surface area contributed by atoms with E-state index in [4.69, 9.17) is 9.47 Å². The second-order valence-corrected chi connectivity index (χ2v) is 15.0. The Morgan fingerprint density at radius 2 is 1.07 bits per heavy atom. The summed E-state index contributed by atoms with van der Waals surface area (Å²) in [6.07, 6.45) is 7.84. The number of hydrogen-bond donors (Lipinski definition) is 4. The topological polar surface area (TPSA) is 184 Å². The van der Waals surface area contributed by atoms with Crippen LogP contribution in [0.3, 0.4) is 0 Å². The minimum absolute atomic E-state index is 0.259. The van der Waals surface area contributed by atoms with Gasteiger partial charge in [-0.3, -0.25) is 30.0 Å². The summed E-state index contributed by atoms with van der Waals surface area (Å²) in [5.41, 5.74) is 8.11. The number of amides is 2. The first-order chi connectivity index (χ1) is 26.1.